The molecule has 0 amide bonds. The average molecular weight is 240 g/mol. The molecule has 0 aromatic rings. The van der Waals surface area contributed by atoms with E-state index < -0.39 is 8.80 Å². The number of rotatable bonds is 6. The van der Waals surface area contributed by atoms with Crippen LogP contribution in [0.5, 0.6) is 0 Å². The normalized spacial score (nSPS) is 11.7. The van der Waals surface area contributed by atoms with Gasteiger partial charge in [-0.3, -0.25) is 0 Å². The Balaban J connectivity index is 4.16. The molecule has 0 aliphatic heterocycles. The Kier molecular flexibility index (Phi) is 7.20. The summed E-state index contributed by atoms with van der Waals surface area (Å²) in [7, 11) is 2.31. The second-order valence-electron chi connectivity index (χ2n) is 2.28. The minimum Gasteiger partial charge on any atom is -0.377 e. The summed E-state index contributed by atoms with van der Waals surface area (Å²) in [6.45, 7) is 2.06. The van der Waals surface area contributed by atoms with Crippen LogP contribution in [0.4, 0.5) is 0 Å². The van der Waals surface area contributed by atoms with E-state index in [1.54, 1.807) is 33.1 Å². The summed E-state index contributed by atoms with van der Waals surface area (Å²) in [5.74, 6) is 0.973. The van der Waals surface area contributed by atoms with E-state index in [-0.39, 0.29) is 0 Å². The Morgan fingerprint density at radius 1 is 1.23 bits per heavy atom. The zero-order chi connectivity index (χ0) is 10.3. The summed E-state index contributed by atoms with van der Waals surface area (Å²) in [6.07, 6.45) is 0. The standard InChI is InChI=1S/C7H16O3S2Si/c1-5-12-7(11)6-13(8-2,9-3)10-4/h5-6H2,1-4H3. The number of thioether (sulfide) groups is 1. The molecule has 0 heterocycles. The third kappa shape index (κ3) is 4.53. The van der Waals surface area contributed by atoms with Gasteiger partial charge in [-0.25, -0.2) is 0 Å². The molecule has 0 aliphatic carbocycles. The molecule has 0 saturated heterocycles. The molecule has 0 aliphatic rings. The Bertz CT molecular complexity index is 154. The van der Waals surface area contributed by atoms with Gasteiger partial charge in [-0.15, -0.1) is 11.8 Å². The zero-order valence-electron chi connectivity index (χ0n) is 8.46. The molecule has 78 valence electrons. The van der Waals surface area contributed by atoms with Gasteiger partial charge in [0.1, 0.15) is 0 Å². The van der Waals surface area contributed by atoms with E-state index in [2.05, 4.69) is 6.92 Å². The van der Waals surface area contributed by atoms with Crippen LogP contribution in [0.15, 0.2) is 0 Å². The van der Waals surface area contributed by atoms with Gasteiger partial charge in [0, 0.05) is 21.3 Å². The molecule has 6 heteroatoms. The van der Waals surface area contributed by atoms with E-state index in [0.717, 1.165) is 9.95 Å². The van der Waals surface area contributed by atoms with E-state index in [1.165, 1.54) is 0 Å². The maximum atomic E-state index is 5.25. The first-order valence-electron chi connectivity index (χ1n) is 3.95. The lowest BCUT2D eigenvalue weighted by Gasteiger charge is -2.24. The number of thiocarbonyl (C=S) groups is 1. The predicted octanol–water partition coefficient (Wildman–Crippen LogP) is 1.95. The van der Waals surface area contributed by atoms with Gasteiger partial charge in [0.05, 0.1) is 10.2 Å². The summed E-state index contributed by atoms with van der Waals surface area (Å²) in [6, 6.07) is 0.602. The first-order chi connectivity index (χ1) is 6.14. The molecule has 13 heavy (non-hydrogen) atoms. The minimum atomic E-state index is -2.48. The van der Waals surface area contributed by atoms with Crippen LogP contribution < -0.4 is 0 Å². The highest BCUT2D eigenvalue weighted by Gasteiger charge is 2.38. The molecule has 0 radical (unpaired) electrons. The number of hydrogen-bond donors (Lipinski definition) is 0. The lowest BCUT2D eigenvalue weighted by Crippen LogP contribution is -2.44. The second kappa shape index (κ2) is 6.91. The Labute approximate surface area is 90.5 Å². The molecular weight excluding hydrogens is 224 g/mol. The van der Waals surface area contributed by atoms with Gasteiger partial charge in [0.25, 0.3) is 0 Å². The fourth-order valence-corrected chi connectivity index (χ4v) is 4.29. The van der Waals surface area contributed by atoms with Crippen LogP contribution >= 0.6 is 24.0 Å². The fraction of sp³-hybridized carbons (Fsp3) is 0.857. The highest BCUT2D eigenvalue weighted by molar-refractivity contribution is 8.23. The van der Waals surface area contributed by atoms with Crippen LogP contribution in [-0.2, 0) is 13.3 Å². The topological polar surface area (TPSA) is 27.7 Å². The molecule has 0 spiro atoms. The summed E-state index contributed by atoms with van der Waals surface area (Å²) in [5.41, 5.74) is 0. The molecule has 0 rings (SSSR count). The molecule has 0 bridgehead atoms. The third-order valence-electron chi connectivity index (χ3n) is 1.60. The Morgan fingerprint density at radius 3 is 2.00 bits per heavy atom. The van der Waals surface area contributed by atoms with Crippen molar-refractivity contribution in [3.05, 3.63) is 0 Å². The summed E-state index contributed by atoms with van der Waals surface area (Å²) >= 11 is 6.79. The summed E-state index contributed by atoms with van der Waals surface area (Å²) < 4.78 is 16.6. The Morgan fingerprint density at radius 2 is 1.69 bits per heavy atom. The van der Waals surface area contributed by atoms with Crippen molar-refractivity contribution < 1.29 is 13.3 Å². The molecule has 0 aromatic carbocycles. The smallest absolute Gasteiger partial charge is 0.377 e. The van der Waals surface area contributed by atoms with Crippen LogP contribution in [0, 0.1) is 0 Å². The van der Waals surface area contributed by atoms with Crippen molar-refractivity contribution in [3.63, 3.8) is 0 Å². The fourth-order valence-electron chi connectivity index (χ4n) is 0.855. The Hall–Kier alpha value is 0.537. The van der Waals surface area contributed by atoms with Gasteiger partial charge < -0.3 is 13.3 Å². The first kappa shape index (κ1) is 13.5. The van der Waals surface area contributed by atoms with Crippen molar-refractivity contribution in [2.24, 2.45) is 0 Å². The molecule has 0 aromatic heterocycles. The van der Waals surface area contributed by atoms with Crippen LogP contribution in [0.25, 0.3) is 0 Å². The molecular formula is C7H16O3S2Si. The van der Waals surface area contributed by atoms with Gasteiger partial charge in [0.15, 0.2) is 0 Å². The molecule has 0 atom stereocenters. The van der Waals surface area contributed by atoms with E-state index in [0.29, 0.717) is 6.04 Å². The quantitative estimate of drug-likeness (QED) is 0.522. The van der Waals surface area contributed by atoms with Crippen LogP contribution in [0.3, 0.4) is 0 Å². The summed E-state index contributed by atoms with van der Waals surface area (Å²) in [4.78, 5) is 0. The van der Waals surface area contributed by atoms with Crippen molar-refractivity contribution in [3.8, 4) is 0 Å². The maximum absolute atomic E-state index is 5.25. The monoisotopic (exact) mass is 240 g/mol. The van der Waals surface area contributed by atoms with Gasteiger partial charge in [-0.1, -0.05) is 19.1 Å². The molecule has 0 N–H and O–H groups in total. The molecule has 0 fully saturated rings. The predicted molar refractivity (Wildman–Crippen MR) is 62.3 cm³/mol. The van der Waals surface area contributed by atoms with Gasteiger partial charge in [0.2, 0.25) is 0 Å². The third-order valence-corrected chi connectivity index (χ3v) is 6.02. The molecule has 0 unspecified atom stereocenters. The van der Waals surface area contributed by atoms with E-state index in [4.69, 9.17) is 25.5 Å². The minimum absolute atomic E-state index is 0.602. The van der Waals surface area contributed by atoms with Crippen molar-refractivity contribution in [2.75, 3.05) is 27.1 Å². The second-order valence-corrected chi connectivity index (χ2v) is 7.33. The van der Waals surface area contributed by atoms with Gasteiger partial charge in [-0.2, -0.15) is 0 Å². The molecule has 3 nitrogen and oxygen atoms in total. The van der Waals surface area contributed by atoms with Crippen LogP contribution in [0.2, 0.25) is 6.04 Å². The van der Waals surface area contributed by atoms with Crippen LogP contribution in [0.1, 0.15) is 6.92 Å². The highest BCUT2D eigenvalue weighted by atomic mass is 32.2. The average Bonchev–Trinajstić information content (AvgIpc) is 2.15. The highest BCUT2D eigenvalue weighted by Crippen LogP contribution is 2.19. The van der Waals surface area contributed by atoms with Crippen molar-refractivity contribution >= 4 is 37.0 Å². The maximum Gasteiger partial charge on any atom is 0.506 e. The summed E-state index contributed by atoms with van der Waals surface area (Å²) in [5, 5.41) is 0. The van der Waals surface area contributed by atoms with Gasteiger partial charge in [-0.05, 0) is 5.75 Å². The van der Waals surface area contributed by atoms with E-state index in [1.807, 2.05) is 0 Å². The molecule has 0 saturated carbocycles. The van der Waals surface area contributed by atoms with Gasteiger partial charge >= 0.3 is 8.80 Å². The number of hydrogen-bond acceptors (Lipinski definition) is 5. The zero-order valence-corrected chi connectivity index (χ0v) is 11.1. The SMILES string of the molecule is CCSC(=S)C[Si](OC)(OC)OC. The largest absolute Gasteiger partial charge is 0.506 e. The lowest BCUT2D eigenvalue weighted by atomic mass is 10.9. The van der Waals surface area contributed by atoms with E-state index >= 15 is 0 Å². The van der Waals surface area contributed by atoms with Crippen molar-refractivity contribution in [1.82, 2.24) is 0 Å². The first-order valence-corrected chi connectivity index (χ1v) is 7.27. The van der Waals surface area contributed by atoms with Crippen molar-refractivity contribution in [2.45, 2.75) is 13.0 Å². The van der Waals surface area contributed by atoms with Crippen molar-refractivity contribution in [1.29, 1.82) is 0 Å². The van der Waals surface area contributed by atoms with E-state index in [9.17, 15) is 0 Å². The van der Waals surface area contributed by atoms with Crippen LogP contribution in [-0.4, -0.2) is 40.1 Å². The lowest BCUT2D eigenvalue weighted by molar-refractivity contribution is 0.129.